The number of nitrogens with zero attached hydrogens (tertiary/aromatic N) is 2. The minimum Gasteiger partial charge on any atom is -0.379 e. The number of alkyl halides is 3. The summed E-state index contributed by atoms with van der Waals surface area (Å²) in [6.45, 7) is 6.50. The second-order valence-corrected chi connectivity index (χ2v) is 8.91. The summed E-state index contributed by atoms with van der Waals surface area (Å²) in [5, 5.41) is 7.59. The van der Waals surface area contributed by atoms with Crippen LogP contribution in [0.1, 0.15) is 41.9 Å². The molecule has 4 rings (SSSR count). The van der Waals surface area contributed by atoms with Crippen LogP contribution in [0.4, 0.5) is 24.7 Å². The number of aryl methyl sites for hydroxylation is 1. The number of rotatable bonds is 5. The average molecular weight is 509 g/mol. The van der Waals surface area contributed by atoms with Crippen molar-refractivity contribution < 1.29 is 17.9 Å². The molecule has 1 aliphatic rings. The molecule has 9 heteroatoms. The van der Waals surface area contributed by atoms with Crippen molar-refractivity contribution in [2.24, 2.45) is 0 Å². The maximum atomic E-state index is 13.4. The van der Waals surface area contributed by atoms with Crippen LogP contribution in [0.25, 0.3) is 10.9 Å². The highest BCUT2D eigenvalue weighted by atomic mass is 79.9. The Hall–Kier alpha value is -2.39. The largest absolute Gasteiger partial charge is 0.416 e. The second-order valence-electron chi connectivity index (χ2n) is 8.06. The molecule has 2 aromatic carbocycles. The highest BCUT2D eigenvalue weighted by Gasteiger charge is 2.33. The lowest BCUT2D eigenvalue weighted by atomic mass is 9.97. The third-order valence-electron chi connectivity index (χ3n) is 5.69. The van der Waals surface area contributed by atoms with Crippen LogP contribution in [0.5, 0.6) is 0 Å². The summed E-state index contributed by atoms with van der Waals surface area (Å²) in [6, 6.07) is 7.98. The van der Waals surface area contributed by atoms with Gasteiger partial charge in [-0.15, -0.1) is 0 Å². The van der Waals surface area contributed by atoms with Gasteiger partial charge in [-0.2, -0.15) is 13.2 Å². The molecule has 2 atom stereocenters. The molecule has 1 aromatic heterocycles. The Bertz CT molecular complexity index is 1150. The second kappa shape index (κ2) is 8.86. The minimum atomic E-state index is -4.39. The number of nitrogens with one attached hydrogen (secondary N) is 2. The molecule has 3 aromatic rings. The molecule has 2 heterocycles. The van der Waals surface area contributed by atoms with Crippen LogP contribution in [-0.4, -0.2) is 29.2 Å². The fourth-order valence-electron chi connectivity index (χ4n) is 4.07. The number of ether oxygens (including phenoxy) is 1. The maximum absolute atomic E-state index is 13.4. The van der Waals surface area contributed by atoms with Gasteiger partial charge in [-0.3, -0.25) is 0 Å². The van der Waals surface area contributed by atoms with Crippen LogP contribution < -0.4 is 10.6 Å². The normalized spacial score (nSPS) is 17.5. The first-order valence-corrected chi connectivity index (χ1v) is 11.2. The van der Waals surface area contributed by atoms with Crippen LogP contribution in [0.3, 0.4) is 0 Å². The zero-order valence-electron chi connectivity index (χ0n) is 18.0. The monoisotopic (exact) mass is 508 g/mol. The van der Waals surface area contributed by atoms with Crippen molar-refractivity contribution in [2.45, 2.75) is 45.5 Å². The number of hydrogen-bond donors (Lipinski definition) is 2. The van der Waals surface area contributed by atoms with E-state index >= 15 is 0 Å². The van der Waals surface area contributed by atoms with Crippen molar-refractivity contribution in [3.05, 3.63) is 57.3 Å². The highest BCUT2D eigenvalue weighted by molar-refractivity contribution is 9.10. The van der Waals surface area contributed by atoms with Crippen LogP contribution in [0.15, 0.2) is 34.8 Å². The molecule has 0 radical (unpaired) electrons. The summed E-state index contributed by atoms with van der Waals surface area (Å²) < 4.78 is 46.4. The molecule has 1 unspecified atom stereocenters. The van der Waals surface area contributed by atoms with E-state index in [1.54, 1.807) is 13.0 Å². The molecule has 1 aliphatic heterocycles. The Labute approximate surface area is 192 Å². The van der Waals surface area contributed by atoms with E-state index in [1.807, 2.05) is 19.1 Å². The zero-order valence-corrected chi connectivity index (χ0v) is 19.6. The topological polar surface area (TPSA) is 59.1 Å². The summed E-state index contributed by atoms with van der Waals surface area (Å²) in [7, 11) is 0. The quantitative estimate of drug-likeness (QED) is 0.417. The van der Waals surface area contributed by atoms with Crippen LogP contribution in [0.2, 0.25) is 0 Å². The van der Waals surface area contributed by atoms with E-state index in [9.17, 15) is 13.2 Å². The SMILES string of the molecule is Cc1nc(N[C@H](C)c2cccc(C(F)(F)F)c2C)c2cc(NC3CCOC3)c(Br)cc2n1. The first-order chi connectivity index (χ1) is 15.1. The fourth-order valence-corrected chi connectivity index (χ4v) is 4.51. The smallest absolute Gasteiger partial charge is 0.379 e. The Morgan fingerprint density at radius 1 is 1.19 bits per heavy atom. The molecule has 0 aliphatic carbocycles. The zero-order chi connectivity index (χ0) is 23.0. The molecule has 5 nitrogen and oxygen atoms in total. The molecule has 0 bridgehead atoms. The molecule has 0 saturated carbocycles. The Balaban J connectivity index is 1.71. The van der Waals surface area contributed by atoms with Gasteiger partial charge in [0.25, 0.3) is 0 Å². The van der Waals surface area contributed by atoms with Crippen molar-refractivity contribution in [3.63, 3.8) is 0 Å². The summed E-state index contributed by atoms with van der Waals surface area (Å²) >= 11 is 3.61. The Morgan fingerprint density at radius 3 is 2.66 bits per heavy atom. The lowest BCUT2D eigenvalue weighted by Crippen LogP contribution is -2.19. The summed E-state index contributed by atoms with van der Waals surface area (Å²) in [4.78, 5) is 9.09. The number of fused-ring (bicyclic) bond motifs is 1. The molecule has 0 amide bonds. The van der Waals surface area contributed by atoms with Gasteiger partial charge in [0.2, 0.25) is 0 Å². The van der Waals surface area contributed by atoms with E-state index in [0.717, 1.165) is 40.2 Å². The van der Waals surface area contributed by atoms with Crippen molar-refractivity contribution in [1.29, 1.82) is 0 Å². The van der Waals surface area contributed by atoms with Crippen molar-refractivity contribution in [1.82, 2.24) is 9.97 Å². The lowest BCUT2D eigenvalue weighted by molar-refractivity contribution is -0.138. The third kappa shape index (κ3) is 4.68. The van der Waals surface area contributed by atoms with E-state index in [-0.39, 0.29) is 11.6 Å². The van der Waals surface area contributed by atoms with Gasteiger partial charge in [0.1, 0.15) is 11.6 Å². The van der Waals surface area contributed by atoms with Crippen LogP contribution in [-0.2, 0) is 10.9 Å². The molecule has 0 spiro atoms. The van der Waals surface area contributed by atoms with Crippen molar-refractivity contribution in [2.75, 3.05) is 23.8 Å². The van der Waals surface area contributed by atoms with Gasteiger partial charge in [0.15, 0.2) is 0 Å². The number of aromatic nitrogens is 2. The molecule has 2 N–H and O–H groups in total. The molecule has 1 fully saturated rings. The number of benzene rings is 2. The summed E-state index contributed by atoms with van der Waals surface area (Å²) in [5.41, 5.74) is 1.80. The van der Waals surface area contributed by atoms with Gasteiger partial charge in [-0.25, -0.2) is 9.97 Å². The molecular weight excluding hydrogens is 485 g/mol. The predicted molar refractivity (Wildman–Crippen MR) is 123 cm³/mol. The van der Waals surface area contributed by atoms with Crippen molar-refractivity contribution in [3.8, 4) is 0 Å². The Morgan fingerprint density at radius 2 is 1.97 bits per heavy atom. The van der Waals surface area contributed by atoms with E-state index in [0.29, 0.717) is 23.8 Å². The fraction of sp³-hybridized carbons (Fsp3) is 0.391. The predicted octanol–water partition coefficient (Wildman–Crippen LogP) is 6.40. The van der Waals surface area contributed by atoms with E-state index in [4.69, 9.17) is 4.74 Å². The van der Waals surface area contributed by atoms with E-state index in [2.05, 4.69) is 36.5 Å². The summed E-state index contributed by atoms with van der Waals surface area (Å²) in [6.07, 6.45) is -3.47. The van der Waals surface area contributed by atoms with Gasteiger partial charge in [0, 0.05) is 22.2 Å². The summed E-state index contributed by atoms with van der Waals surface area (Å²) in [5.74, 6) is 1.15. The minimum absolute atomic E-state index is 0.210. The lowest BCUT2D eigenvalue weighted by Gasteiger charge is -2.21. The maximum Gasteiger partial charge on any atom is 0.416 e. The number of anilines is 2. The van der Waals surface area contributed by atoms with Gasteiger partial charge in [-0.1, -0.05) is 12.1 Å². The highest BCUT2D eigenvalue weighted by Crippen LogP contribution is 2.36. The molecular formula is C23H24BrF3N4O. The van der Waals surface area contributed by atoms with Gasteiger partial charge in [0.05, 0.1) is 29.8 Å². The van der Waals surface area contributed by atoms with Gasteiger partial charge >= 0.3 is 6.18 Å². The standard InChI is InChI=1S/C23H24BrF3N4O/c1-12-16(5-4-6-18(12)23(25,26)27)13(2)28-22-17-9-21(31-15-7-8-32-11-15)19(24)10-20(17)29-14(3)30-22/h4-6,9-10,13,15,31H,7-8,11H2,1-3H3,(H,28,29,30)/t13-,15?/m1/s1. The van der Waals surface area contributed by atoms with Crippen LogP contribution in [0, 0.1) is 13.8 Å². The molecule has 32 heavy (non-hydrogen) atoms. The average Bonchev–Trinajstić information content (AvgIpc) is 3.21. The van der Waals surface area contributed by atoms with Crippen molar-refractivity contribution >= 4 is 38.3 Å². The first kappa shape index (κ1) is 22.8. The van der Waals surface area contributed by atoms with E-state index in [1.165, 1.54) is 13.0 Å². The van der Waals surface area contributed by atoms with Gasteiger partial charge < -0.3 is 15.4 Å². The van der Waals surface area contributed by atoms with Gasteiger partial charge in [-0.05, 0) is 72.4 Å². The third-order valence-corrected chi connectivity index (χ3v) is 6.34. The number of halogens is 4. The Kier molecular flexibility index (Phi) is 6.31. The van der Waals surface area contributed by atoms with E-state index < -0.39 is 17.8 Å². The molecule has 1 saturated heterocycles. The number of hydrogen-bond acceptors (Lipinski definition) is 5. The van der Waals surface area contributed by atoms with Crippen LogP contribution >= 0.6 is 15.9 Å². The first-order valence-electron chi connectivity index (χ1n) is 10.4. The molecule has 170 valence electrons.